The third-order valence-electron chi connectivity index (χ3n) is 3.03. The van der Waals surface area contributed by atoms with Crippen molar-refractivity contribution in [3.05, 3.63) is 60.2 Å². The number of carbonyl (C=O) groups is 1. The van der Waals surface area contributed by atoms with E-state index in [0.717, 1.165) is 16.3 Å². The van der Waals surface area contributed by atoms with E-state index in [0.29, 0.717) is 5.56 Å². The summed E-state index contributed by atoms with van der Waals surface area (Å²) in [4.78, 5) is 11.2. The van der Waals surface area contributed by atoms with Crippen LogP contribution < -0.4 is 5.73 Å². The zero-order valence-corrected chi connectivity index (χ0v) is 9.18. The van der Waals surface area contributed by atoms with Crippen molar-refractivity contribution in [3.63, 3.8) is 0 Å². The number of rotatable bonds is 1. The molecular formula is C15H11NO. The van der Waals surface area contributed by atoms with Crippen LogP contribution in [0.3, 0.4) is 0 Å². The first-order valence-electron chi connectivity index (χ1n) is 5.47. The third-order valence-corrected chi connectivity index (χ3v) is 3.03. The molecule has 0 spiro atoms. The Morgan fingerprint density at radius 1 is 0.941 bits per heavy atom. The van der Waals surface area contributed by atoms with Crippen LogP contribution in [0.2, 0.25) is 0 Å². The van der Waals surface area contributed by atoms with Crippen LogP contribution in [0, 0.1) is 0 Å². The highest BCUT2D eigenvalue weighted by Crippen LogP contribution is 2.30. The van der Waals surface area contributed by atoms with Crippen LogP contribution in [0.5, 0.6) is 0 Å². The summed E-state index contributed by atoms with van der Waals surface area (Å²) in [6.07, 6.45) is 0. The second-order valence-corrected chi connectivity index (χ2v) is 4.09. The highest BCUT2D eigenvalue weighted by Gasteiger charge is 2.07. The first-order chi connectivity index (χ1) is 8.25. The van der Waals surface area contributed by atoms with Crippen molar-refractivity contribution in [2.24, 2.45) is 5.73 Å². The van der Waals surface area contributed by atoms with Gasteiger partial charge in [0.1, 0.15) is 0 Å². The average molecular weight is 221 g/mol. The van der Waals surface area contributed by atoms with E-state index in [4.69, 9.17) is 5.73 Å². The Bertz CT molecular complexity index is 688. The van der Waals surface area contributed by atoms with Crippen molar-refractivity contribution < 1.29 is 4.79 Å². The Hall–Kier alpha value is -2.35. The Morgan fingerprint density at radius 3 is 2.47 bits per heavy atom. The molecule has 82 valence electrons. The van der Waals surface area contributed by atoms with E-state index in [-0.39, 0.29) is 0 Å². The Kier molecular flexibility index (Phi) is 2.08. The van der Waals surface area contributed by atoms with Gasteiger partial charge in [-0.15, -0.1) is 0 Å². The average Bonchev–Trinajstić information content (AvgIpc) is 2.71. The standard InChI is InChI=1S/C15H11NO/c16-15(17)12-8-7-11-4-1-3-10-5-2-6-13(10)14(11)9-12/h1-9H,(H2,16,17). The third kappa shape index (κ3) is 1.54. The molecule has 0 bridgehead atoms. The van der Waals surface area contributed by atoms with Gasteiger partial charge in [0.05, 0.1) is 0 Å². The lowest BCUT2D eigenvalue weighted by atomic mass is 10.0. The minimum Gasteiger partial charge on any atom is -0.366 e. The largest absolute Gasteiger partial charge is 0.366 e. The molecule has 0 radical (unpaired) electrons. The van der Waals surface area contributed by atoms with Crippen LogP contribution in [0.15, 0.2) is 54.6 Å². The molecule has 0 fully saturated rings. The molecule has 1 amide bonds. The van der Waals surface area contributed by atoms with Crippen molar-refractivity contribution in [1.29, 1.82) is 0 Å². The lowest BCUT2D eigenvalue weighted by Crippen LogP contribution is -2.10. The Balaban J connectivity index is 2.43. The number of fused-ring (bicyclic) bond motifs is 3. The van der Waals surface area contributed by atoms with E-state index >= 15 is 0 Å². The van der Waals surface area contributed by atoms with Crippen LogP contribution >= 0.6 is 0 Å². The number of carbonyl (C=O) groups excluding carboxylic acids is 1. The van der Waals surface area contributed by atoms with Gasteiger partial charge in [0.25, 0.3) is 0 Å². The molecule has 1 aromatic rings. The van der Waals surface area contributed by atoms with Gasteiger partial charge in [0.2, 0.25) is 5.91 Å². The summed E-state index contributed by atoms with van der Waals surface area (Å²) in [6, 6.07) is 17.8. The molecule has 0 aliphatic heterocycles. The van der Waals surface area contributed by atoms with Gasteiger partial charge in [-0.1, -0.05) is 42.5 Å². The number of nitrogens with two attached hydrogens (primary N) is 1. The molecule has 0 atom stereocenters. The van der Waals surface area contributed by atoms with Gasteiger partial charge in [-0.3, -0.25) is 4.79 Å². The quantitative estimate of drug-likeness (QED) is 0.674. The van der Waals surface area contributed by atoms with Gasteiger partial charge >= 0.3 is 0 Å². The van der Waals surface area contributed by atoms with E-state index < -0.39 is 5.91 Å². The van der Waals surface area contributed by atoms with Crippen LogP contribution in [0.1, 0.15) is 10.4 Å². The van der Waals surface area contributed by atoms with Crippen molar-refractivity contribution in [2.45, 2.75) is 0 Å². The van der Waals surface area contributed by atoms with E-state index in [1.807, 2.05) is 30.3 Å². The van der Waals surface area contributed by atoms with E-state index in [9.17, 15) is 4.79 Å². The Morgan fingerprint density at radius 2 is 1.71 bits per heavy atom. The zero-order valence-electron chi connectivity index (χ0n) is 9.18. The van der Waals surface area contributed by atoms with E-state index in [1.165, 1.54) is 5.56 Å². The minimum atomic E-state index is -0.391. The fourth-order valence-corrected chi connectivity index (χ4v) is 2.17. The lowest BCUT2D eigenvalue weighted by Gasteiger charge is -2.01. The molecule has 2 nitrogen and oxygen atoms in total. The molecule has 0 saturated heterocycles. The number of hydrogen-bond donors (Lipinski definition) is 1. The lowest BCUT2D eigenvalue weighted by molar-refractivity contribution is 0.100. The Labute approximate surface area is 99.0 Å². The number of amides is 1. The summed E-state index contributed by atoms with van der Waals surface area (Å²) in [5.41, 5.74) is 8.18. The van der Waals surface area contributed by atoms with E-state index in [1.54, 1.807) is 6.07 Å². The highest BCUT2D eigenvalue weighted by molar-refractivity contribution is 6.02. The SMILES string of the molecule is NC(=O)c1ccc2cccc3cccc-3c2c1. The molecule has 0 aromatic heterocycles. The van der Waals surface area contributed by atoms with Gasteiger partial charge in [-0.05, 0) is 34.0 Å². The molecule has 2 N–H and O–H groups in total. The van der Waals surface area contributed by atoms with Gasteiger partial charge < -0.3 is 5.73 Å². The van der Waals surface area contributed by atoms with Crippen molar-refractivity contribution >= 4 is 16.7 Å². The fourth-order valence-electron chi connectivity index (χ4n) is 2.17. The predicted molar refractivity (Wildman–Crippen MR) is 69.1 cm³/mol. The molecule has 2 heteroatoms. The summed E-state index contributed by atoms with van der Waals surface area (Å²) in [6.45, 7) is 0. The molecule has 3 rings (SSSR count). The number of benzene rings is 1. The van der Waals surface area contributed by atoms with Gasteiger partial charge in [0, 0.05) is 5.56 Å². The second kappa shape index (κ2) is 3.59. The molecule has 1 aromatic carbocycles. The molecule has 2 aliphatic carbocycles. The maximum Gasteiger partial charge on any atom is 0.248 e. The summed E-state index contributed by atoms with van der Waals surface area (Å²) < 4.78 is 0. The minimum absolute atomic E-state index is 0.391. The first kappa shape index (κ1) is 9.85. The molecule has 0 heterocycles. The molecule has 17 heavy (non-hydrogen) atoms. The summed E-state index contributed by atoms with van der Waals surface area (Å²) in [5, 5.41) is 2.17. The second-order valence-electron chi connectivity index (χ2n) is 4.09. The monoisotopic (exact) mass is 221 g/mol. The van der Waals surface area contributed by atoms with Gasteiger partial charge in [0.15, 0.2) is 0 Å². The van der Waals surface area contributed by atoms with Crippen LogP contribution in [-0.4, -0.2) is 5.91 Å². The molecular weight excluding hydrogens is 210 g/mol. The fraction of sp³-hybridized carbons (Fsp3) is 0. The zero-order chi connectivity index (χ0) is 11.8. The summed E-state index contributed by atoms with van der Waals surface area (Å²) >= 11 is 0. The molecule has 2 aliphatic rings. The van der Waals surface area contributed by atoms with Crippen molar-refractivity contribution in [1.82, 2.24) is 0 Å². The highest BCUT2D eigenvalue weighted by atomic mass is 16.1. The van der Waals surface area contributed by atoms with Gasteiger partial charge in [-0.2, -0.15) is 0 Å². The maximum atomic E-state index is 11.2. The molecule has 0 unspecified atom stereocenters. The van der Waals surface area contributed by atoms with E-state index in [2.05, 4.69) is 18.2 Å². The van der Waals surface area contributed by atoms with Crippen molar-refractivity contribution in [2.75, 3.05) is 0 Å². The first-order valence-corrected chi connectivity index (χ1v) is 5.47. The topological polar surface area (TPSA) is 43.1 Å². The summed E-state index contributed by atoms with van der Waals surface area (Å²) in [7, 11) is 0. The normalized spacial score (nSPS) is 10.8. The molecule has 0 saturated carbocycles. The van der Waals surface area contributed by atoms with Crippen LogP contribution in [0.4, 0.5) is 0 Å². The predicted octanol–water partition coefficient (Wildman–Crippen LogP) is 3.04. The number of hydrogen-bond acceptors (Lipinski definition) is 1. The van der Waals surface area contributed by atoms with Crippen LogP contribution in [-0.2, 0) is 0 Å². The van der Waals surface area contributed by atoms with Crippen LogP contribution in [0.25, 0.3) is 21.9 Å². The smallest absolute Gasteiger partial charge is 0.248 e. The van der Waals surface area contributed by atoms with Crippen molar-refractivity contribution in [3.8, 4) is 11.1 Å². The summed E-state index contributed by atoms with van der Waals surface area (Å²) in [5.74, 6) is -0.391. The van der Waals surface area contributed by atoms with Gasteiger partial charge in [-0.25, -0.2) is 0 Å². The number of primary amides is 1. The maximum absolute atomic E-state index is 11.2.